The summed E-state index contributed by atoms with van der Waals surface area (Å²) < 4.78 is 14.3. The lowest BCUT2D eigenvalue weighted by molar-refractivity contribution is 0.110. The standard InChI is InChI=1S/C20H20N6O3/c1-12-3-5-13(6-4-12)16-7-14(10-28-16)19-23-17(29-24-19)9-26-20(27)18-15(8-22-26)21-11-25(18)2/h3-6,8,11,14,16H,7,9-10H2,1-2H3/t14-,16+/m0/s1. The molecule has 1 aliphatic rings. The van der Waals surface area contributed by atoms with E-state index in [1.54, 1.807) is 24.1 Å². The second-order valence-corrected chi connectivity index (χ2v) is 7.41. The summed E-state index contributed by atoms with van der Waals surface area (Å²) in [6, 6.07) is 8.36. The Morgan fingerprint density at radius 2 is 2.07 bits per heavy atom. The maximum Gasteiger partial charge on any atom is 0.293 e. The van der Waals surface area contributed by atoms with Gasteiger partial charge >= 0.3 is 0 Å². The number of hydrogen-bond acceptors (Lipinski definition) is 7. The third kappa shape index (κ3) is 3.23. The molecule has 1 aromatic carbocycles. The molecule has 0 N–H and O–H groups in total. The maximum absolute atomic E-state index is 12.6. The minimum Gasteiger partial charge on any atom is -0.373 e. The molecule has 0 unspecified atom stereocenters. The van der Waals surface area contributed by atoms with Crippen molar-refractivity contribution >= 4 is 11.0 Å². The lowest BCUT2D eigenvalue weighted by Gasteiger charge is -2.09. The van der Waals surface area contributed by atoms with E-state index in [4.69, 9.17) is 9.26 Å². The van der Waals surface area contributed by atoms with Crippen LogP contribution in [0.15, 0.2) is 46.1 Å². The van der Waals surface area contributed by atoms with Crippen LogP contribution in [0.25, 0.3) is 11.0 Å². The summed E-state index contributed by atoms with van der Waals surface area (Å²) in [5.74, 6) is 1.00. The van der Waals surface area contributed by atoms with E-state index in [0.717, 1.165) is 12.0 Å². The molecule has 4 aromatic rings. The van der Waals surface area contributed by atoms with Gasteiger partial charge in [-0.15, -0.1) is 0 Å². The topological polar surface area (TPSA) is 101 Å². The minimum atomic E-state index is -0.245. The molecule has 2 atom stereocenters. The van der Waals surface area contributed by atoms with Gasteiger partial charge in [-0.1, -0.05) is 35.0 Å². The molecule has 1 saturated heterocycles. The molecule has 29 heavy (non-hydrogen) atoms. The second-order valence-electron chi connectivity index (χ2n) is 7.41. The maximum atomic E-state index is 12.6. The number of aromatic nitrogens is 6. The summed E-state index contributed by atoms with van der Waals surface area (Å²) in [5, 5.41) is 8.27. The van der Waals surface area contributed by atoms with Gasteiger partial charge in [0.15, 0.2) is 5.82 Å². The van der Waals surface area contributed by atoms with Gasteiger partial charge in [-0.3, -0.25) is 4.79 Å². The molecule has 0 spiro atoms. The molecule has 0 radical (unpaired) electrons. The molecule has 5 rings (SSSR count). The van der Waals surface area contributed by atoms with Gasteiger partial charge in [0.2, 0.25) is 5.89 Å². The SMILES string of the molecule is Cc1ccc([C@H]2C[C@H](c3noc(Cn4ncc5ncn(C)c5c4=O)n3)CO2)cc1. The van der Waals surface area contributed by atoms with Crippen LogP contribution in [0.5, 0.6) is 0 Å². The molecule has 9 heteroatoms. The number of rotatable bonds is 4. The van der Waals surface area contributed by atoms with E-state index in [9.17, 15) is 4.79 Å². The average Bonchev–Trinajstić information content (AvgIpc) is 3.45. The third-order valence-corrected chi connectivity index (χ3v) is 5.30. The molecule has 0 aliphatic carbocycles. The zero-order valence-corrected chi connectivity index (χ0v) is 16.1. The van der Waals surface area contributed by atoms with E-state index in [2.05, 4.69) is 51.4 Å². The fourth-order valence-corrected chi connectivity index (χ4v) is 3.66. The lowest BCUT2D eigenvalue weighted by Crippen LogP contribution is -2.24. The quantitative estimate of drug-likeness (QED) is 0.524. The first-order valence-corrected chi connectivity index (χ1v) is 9.46. The number of ether oxygens (including phenoxy) is 1. The van der Waals surface area contributed by atoms with E-state index in [1.165, 1.54) is 10.2 Å². The van der Waals surface area contributed by atoms with Crippen LogP contribution in [0, 0.1) is 6.92 Å². The fraction of sp³-hybridized carbons (Fsp3) is 0.350. The third-order valence-electron chi connectivity index (χ3n) is 5.30. The number of aryl methyl sites for hydroxylation is 2. The van der Waals surface area contributed by atoms with Gasteiger partial charge in [0.1, 0.15) is 17.6 Å². The minimum absolute atomic E-state index is 0.0269. The summed E-state index contributed by atoms with van der Waals surface area (Å²) >= 11 is 0. The van der Waals surface area contributed by atoms with Crippen molar-refractivity contribution < 1.29 is 9.26 Å². The molecule has 3 aromatic heterocycles. The molecular formula is C20H20N6O3. The number of imidazole rings is 1. The number of benzene rings is 1. The molecule has 0 bridgehead atoms. The molecule has 0 saturated carbocycles. The second kappa shape index (κ2) is 6.93. The van der Waals surface area contributed by atoms with Gasteiger partial charge in [0, 0.05) is 13.0 Å². The van der Waals surface area contributed by atoms with Crippen LogP contribution in [0.3, 0.4) is 0 Å². The Kier molecular flexibility index (Phi) is 4.24. The molecule has 1 fully saturated rings. The van der Waals surface area contributed by atoms with Crippen molar-refractivity contribution in [2.45, 2.75) is 31.9 Å². The van der Waals surface area contributed by atoms with Gasteiger partial charge < -0.3 is 13.8 Å². The Labute approximate surface area is 165 Å². The summed E-state index contributed by atoms with van der Waals surface area (Å²) in [6.45, 7) is 2.72. The first-order chi connectivity index (χ1) is 14.1. The van der Waals surface area contributed by atoms with Gasteiger partial charge in [-0.05, 0) is 18.9 Å². The van der Waals surface area contributed by atoms with Gasteiger partial charge in [-0.2, -0.15) is 10.1 Å². The van der Waals surface area contributed by atoms with E-state index in [1.807, 2.05) is 0 Å². The van der Waals surface area contributed by atoms with Crippen LogP contribution in [0.2, 0.25) is 0 Å². The monoisotopic (exact) mass is 392 g/mol. The van der Waals surface area contributed by atoms with E-state index in [0.29, 0.717) is 29.4 Å². The highest BCUT2D eigenvalue weighted by molar-refractivity contribution is 5.72. The van der Waals surface area contributed by atoms with Crippen LogP contribution in [0.1, 0.15) is 41.3 Å². The molecule has 1 aliphatic heterocycles. The Morgan fingerprint density at radius 1 is 1.24 bits per heavy atom. The Balaban J connectivity index is 1.32. The number of fused-ring (bicyclic) bond motifs is 1. The zero-order chi connectivity index (χ0) is 20.0. The first-order valence-electron chi connectivity index (χ1n) is 9.46. The molecule has 4 heterocycles. The molecule has 9 nitrogen and oxygen atoms in total. The van der Waals surface area contributed by atoms with Crippen LogP contribution >= 0.6 is 0 Å². The van der Waals surface area contributed by atoms with Crippen molar-refractivity contribution in [3.8, 4) is 0 Å². The van der Waals surface area contributed by atoms with Gasteiger partial charge in [0.05, 0.1) is 25.2 Å². The van der Waals surface area contributed by atoms with E-state index in [-0.39, 0.29) is 24.1 Å². The van der Waals surface area contributed by atoms with Crippen molar-refractivity contribution in [2.75, 3.05) is 6.61 Å². The van der Waals surface area contributed by atoms with Crippen molar-refractivity contribution in [3.63, 3.8) is 0 Å². The Bertz CT molecular complexity index is 1220. The van der Waals surface area contributed by atoms with E-state index >= 15 is 0 Å². The number of nitrogens with zero attached hydrogens (tertiary/aromatic N) is 6. The van der Waals surface area contributed by atoms with Crippen LogP contribution in [-0.4, -0.2) is 36.1 Å². The predicted molar refractivity (Wildman–Crippen MR) is 103 cm³/mol. The highest BCUT2D eigenvalue weighted by Gasteiger charge is 2.31. The van der Waals surface area contributed by atoms with Crippen molar-refractivity contribution in [1.29, 1.82) is 0 Å². The van der Waals surface area contributed by atoms with Crippen LogP contribution in [-0.2, 0) is 18.3 Å². The van der Waals surface area contributed by atoms with E-state index < -0.39 is 0 Å². The summed E-state index contributed by atoms with van der Waals surface area (Å²) in [5.41, 5.74) is 3.18. The Hall–Kier alpha value is -3.33. The van der Waals surface area contributed by atoms with Gasteiger partial charge in [-0.25, -0.2) is 9.67 Å². The molecule has 148 valence electrons. The lowest BCUT2D eigenvalue weighted by atomic mass is 9.99. The molecule has 0 amide bonds. The normalized spacial score (nSPS) is 19.2. The zero-order valence-electron chi connectivity index (χ0n) is 16.1. The predicted octanol–water partition coefficient (Wildman–Crippen LogP) is 2.11. The largest absolute Gasteiger partial charge is 0.373 e. The first kappa shape index (κ1) is 17.7. The van der Waals surface area contributed by atoms with Crippen LogP contribution in [0.4, 0.5) is 0 Å². The highest BCUT2D eigenvalue weighted by atomic mass is 16.5. The number of hydrogen-bond donors (Lipinski definition) is 0. The van der Waals surface area contributed by atoms with Crippen LogP contribution < -0.4 is 5.56 Å². The fourth-order valence-electron chi connectivity index (χ4n) is 3.66. The summed E-state index contributed by atoms with van der Waals surface area (Å²) in [4.78, 5) is 21.3. The molecular weight excluding hydrogens is 372 g/mol. The van der Waals surface area contributed by atoms with Crippen molar-refractivity contribution in [3.05, 3.63) is 70.0 Å². The smallest absolute Gasteiger partial charge is 0.293 e. The van der Waals surface area contributed by atoms with Gasteiger partial charge in [0.25, 0.3) is 5.56 Å². The summed E-state index contributed by atoms with van der Waals surface area (Å²) in [6.07, 6.45) is 3.97. The Morgan fingerprint density at radius 3 is 2.90 bits per heavy atom. The average molecular weight is 392 g/mol. The van der Waals surface area contributed by atoms with Crippen molar-refractivity contribution in [2.24, 2.45) is 7.05 Å². The van der Waals surface area contributed by atoms with Crippen molar-refractivity contribution in [1.82, 2.24) is 29.5 Å². The summed E-state index contributed by atoms with van der Waals surface area (Å²) in [7, 11) is 1.77. The highest BCUT2D eigenvalue weighted by Crippen LogP contribution is 2.37.